The van der Waals surface area contributed by atoms with Gasteiger partial charge in [-0.3, -0.25) is 4.79 Å². The van der Waals surface area contributed by atoms with Crippen LogP contribution in [-0.4, -0.2) is 24.0 Å². The minimum atomic E-state index is -1.01. The molecule has 0 saturated carbocycles. The van der Waals surface area contributed by atoms with Crippen molar-refractivity contribution in [2.24, 2.45) is 0 Å². The highest BCUT2D eigenvalue weighted by Gasteiger charge is 2.30. The van der Waals surface area contributed by atoms with Gasteiger partial charge < -0.3 is 14.6 Å². The number of aromatic carboxylic acids is 1. The van der Waals surface area contributed by atoms with E-state index in [4.69, 9.17) is 14.6 Å². The van der Waals surface area contributed by atoms with Crippen LogP contribution >= 0.6 is 0 Å². The molecule has 0 heterocycles. The molecule has 4 rings (SSSR count). The molecule has 0 unspecified atom stereocenters. The van der Waals surface area contributed by atoms with Gasteiger partial charge in [-0.25, -0.2) is 4.79 Å². The Bertz CT molecular complexity index is 1150. The van der Waals surface area contributed by atoms with Crippen molar-refractivity contribution in [2.75, 3.05) is 7.11 Å². The number of carbonyl (C=O) groups excluding carboxylic acids is 1. The van der Waals surface area contributed by atoms with E-state index in [1.807, 2.05) is 36.4 Å². The summed E-state index contributed by atoms with van der Waals surface area (Å²) in [6.07, 6.45) is 1.61. The van der Waals surface area contributed by atoms with E-state index < -0.39 is 5.97 Å². The zero-order chi connectivity index (χ0) is 21.3. The number of ketones is 1. The van der Waals surface area contributed by atoms with Crippen molar-refractivity contribution in [3.8, 4) is 22.6 Å². The minimum absolute atomic E-state index is 0.0397. The zero-order valence-corrected chi connectivity index (χ0v) is 16.9. The third kappa shape index (κ3) is 3.32. The number of ether oxygens (including phenoxy) is 2. The Kier molecular flexibility index (Phi) is 5.27. The monoisotopic (exact) mass is 402 g/mol. The van der Waals surface area contributed by atoms with E-state index in [1.54, 1.807) is 6.07 Å². The molecule has 0 saturated heterocycles. The van der Waals surface area contributed by atoms with Crippen LogP contribution in [0.15, 0.2) is 54.6 Å². The van der Waals surface area contributed by atoms with Crippen LogP contribution in [0.4, 0.5) is 0 Å². The van der Waals surface area contributed by atoms with Crippen molar-refractivity contribution in [3.63, 3.8) is 0 Å². The van der Waals surface area contributed by atoms with E-state index in [2.05, 4.69) is 6.92 Å². The summed E-state index contributed by atoms with van der Waals surface area (Å²) in [5, 5.41) is 9.17. The molecule has 3 aromatic rings. The van der Waals surface area contributed by atoms with Crippen molar-refractivity contribution < 1.29 is 24.2 Å². The van der Waals surface area contributed by atoms with Gasteiger partial charge in [-0.15, -0.1) is 0 Å². The summed E-state index contributed by atoms with van der Waals surface area (Å²) in [5.41, 5.74) is 5.18. The van der Waals surface area contributed by atoms with Crippen LogP contribution in [0.25, 0.3) is 11.1 Å². The fraction of sp³-hybridized carbons (Fsp3) is 0.200. The number of carboxylic acid groups (broad SMARTS) is 1. The smallest absolute Gasteiger partial charge is 0.335 e. The quantitative estimate of drug-likeness (QED) is 0.464. The Labute approximate surface area is 174 Å². The van der Waals surface area contributed by atoms with Crippen molar-refractivity contribution in [3.05, 3.63) is 82.4 Å². The van der Waals surface area contributed by atoms with E-state index >= 15 is 0 Å². The van der Waals surface area contributed by atoms with Gasteiger partial charge in [0.15, 0.2) is 5.78 Å². The first-order chi connectivity index (χ1) is 14.5. The molecule has 5 nitrogen and oxygen atoms in total. The number of hydrogen-bond donors (Lipinski definition) is 1. The normalized spacial score (nSPS) is 11.7. The summed E-state index contributed by atoms with van der Waals surface area (Å²) >= 11 is 0. The van der Waals surface area contributed by atoms with Gasteiger partial charge >= 0.3 is 5.97 Å². The molecule has 0 fully saturated rings. The molecule has 1 N–H and O–H groups in total. The lowest BCUT2D eigenvalue weighted by Gasteiger charge is -2.16. The lowest BCUT2D eigenvalue weighted by atomic mass is 9.96. The summed E-state index contributed by atoms with van der Waals surface area (Å²) in [4.78, 5) is 24.3. The van der Waals surface area contributed by atoms with E-state index in [0.29, 0.717) is 11.5 Å². The molecule has 152 valence electrons. The number of fused-ring (bicyclic) bond motifs is 3. The third-order valence-corrected chi connectivity index (χ3v) is 5.38. The Morgan fingerprint density at radius 2 is 1.73 bits per heavy atom. The van der Waals surface area contributed by atoms with E-state index in [1.165, 1.54) is 19.2 Å². The minimum Gasteiger partial charge on any atom is -0.496 e. The molecule has 0 amide bonds. The van der Waals surface area contributed by atoms with Crippen molar-refractivity contribution >= 4 is 11.8 Å². The van der Waals surface area contributed by atoms with Gasteiger partial charge in [0.1, 0.15) is 18.1 Å². The Hall–Kier alpha value is -3.60. The van der Waals surface area contributed by atoms with E-state index in [9.17, 15) is 9.59 Å². The second kappa shape index (κ2) is 8.03. The molecule has 5 heteroatoms. The summed E-state index contributed by atoms with van der Waals surface area (Å²) in [7, 11) is 1.50. The van der Waals surface area contributed by atoms with Gasteiger partial charge in [0.05, 0.1) is 12.7 Å². The van der Waals surface area contributed by atoms with Crippen molar-refractivity contribution in [1.82, 2.24) is 0 Å². The molecule has 0 atom stereocenters. The van der Waals surface area contributed by atoms with Gasteiger partial charge in [0, 0.05) is 22.3 Å². The molecular weight excluding hydrogens is 380 g/mol. The van der Waals surface area contributed by atoms with Crippen LogP contribution in [0.2, 0.25) is 0 Å². The number of carbonyl (C=O) groups is 2. The van der Waals surface area contributed by atoms with Crippen LogP contribution in [0, 0.1) is 0 Å². The predicted octanol–water partition coefficient (Wildman–Crippen LogP) is 5.14. The second-order valence-corrected chi connectivity index (χ2v) is 7.21. The molecule has 0 spiro atoms. The summed E-state index contributed by atoms with van der Waals surface area (Å²) in [5.74, 6) is 0.151. The predicted molar refractivity (Wildman–Crippen MR) is 114 cm³/mol. The number of carboxylic acids is 1. The third-order valence-electron chi connectivity index (χ3n) is 5.38. The standard InChI is InChI=1S/C25H22O5/c1-3-6-20-21(30-14-16-10-9-15(25(27)28)13-22(16)29-2)12-11-18-17-7-4-5-8-19(17)24(26)23(18)20/h4-5,7-13H,3,6,14H2,1-2H3,(H,27,28). The largest absolute Gasteiger partial charge is 0.496 e. The van der Waals surface area contributed by atoms with Crippen LogP contribution in [0.5, 0.6) is 11.5 Å². The Balaban J connectivity index is 1.68. The Morgan fingerprint density at radius 3 is 2.43 bits per heavy atom. The van der Waals surface area contributed by atoms with E-state index in [-0.39, 0.29) is 18.0 Å². The molecule has 3 aromatic carbocycles. The molecule has 1 aliphatic carbocycles. The average molecular weight is 402 g/mol. The maximum absolute atomic E-state index is 13.1. The molecule has 0 aromatic heterocycles. The highest BCUT2D eigenvalue weighted by molar-refractivity contribution is 6.22. The first-order valence-corrected chi connectivity index (χ1v) is 9.88. The Morgan fingerprint density at radius 1 is 0.967 bits per heavy atom. The van der Waals surface area contributed by atoms with Gasteiger partial charge in [0.2, 0.25) is 0 Å². The first-order valence-electron chi connectivity index (χ1n) is 9.88. The highest BCUT2D eigenvalue weighted by Crippen LogP contribution is 2.42. The number of benzene rings is 3. The van der Waals surface area contributed by atoms with Crippen molar-refractivity contribution in [2.45, 2.75) is 26.4 Å². The fourth-order valence-corrected chi connectivity index (χ4v) is 3.95. The summed E-state index contributed by atoms with van der Waals surface area (Å²) in [6.45, 7) is 2.28. The SMILES string of the molecule is CCCc1c(OCc2ccc(C(=O)O)cc2OC)ccc2c1C(=O)c1ccccc1-2. The van der Waals surface area contributed by atoms with Crippen LogP contribution in [-0.2, 0) is 13.0 Å². The second-order valence-electron chi connectivity index (χ2n) is 7.21. The highest BCUT2D eigenvalue weighted by atomic mass is 16.5. The van der Waals surface area contributed by atoms with Gasteiger partial charge in [-0.1, -0.05) is 43.7 Å². The number of hydrogen-bond acceptors (Lipinski definition) is 4. The summed E-state index contributed by atoms with van der Waals surface area (Å²) < 4.78 is 11.4. The lowest BCUT2D eigenvalue weighted by molar-refractivity contribution is 0.0696. The molecule has 0 aliphatic heterocycles. The molecule has 1 aliphatic rings. The average Bonchev–Trinajstić information content (AvgIpc) is 3.05. The van der Waals surface area contributed by atoms with Crippen LogP contribution < -0.4 is 9.47 Å². The maximum atomic E-state index is 13.1. The van der Waals surface area contributed by atoms with Crippen LogP contribution in [0.3, 0.4) is 0 Å². The van der Waals surface area contributed by atoms with E-state index in [0.717, 1.165) is 46.2 Å². The van der Waals surface area contributed by atoms with Gasteiger partial charge in [0.25, 0.3) is 0 Å². The maximum Gasteiger partial charge on any atom is 0.335 e. The number of rotatable bonds is 7. The first kappa shape index (κ1) is 19.7. The van der Waals surface area contributed by atoms with Gasteiger partial charge in [-0.05, 0) is 41.8 Å². The number of methoxy groups -OCH3 is 1. The summed E-state index contributed by atoms with van der Waals surface area (Å²) in [6, 6.07) is 16.2. The molecular formula is C25H22O5. The molecule has 30 heavy (non-hydrogen) atoms. The molecule has 0 bridgehead atoms. The zero-order valence-electron chi connectivity index (χ0n) is 16.9. The molecule has 0 radical (unpaired) electrons. The lowest BCUT2D eigenvalue weighted by Crippen LogP contribution is -2.06. The van der Waals surface area contributed by atoms with Crippen LogP contribution in [0.1, 0.15) is 50.8 Å². The fourth-order valence-electron chi connectivity index (χ4n) is 3.95. The van der Waals surface area contributed by atoms with Gasteiger partial charge in [-0.2, -0.15) is 0 Å². The topological polar surface area (TPSA) is 72.8 Å². The van der Waals surface area contributed by atoms with Crippen molar-refractivity contribution in [1.29, 1.82) is 0 Å².